The molecular formula is C25H27F5O. The maximum atomic E-state index is 14.0. The first-order chi connectivity index (χ1) is 14.7. The van der Waals surface area contributed by atoms with Crippen molar-refractivity contribution >= 4 is 0 Å². The topological polar surface area (TPSA) is 9.23 Å². The molecule has 4 rings (SSSR count). The van der Waals surface area contributed by atoms with Crippen LogP contribution in [0.4, 0.5) is 22.0 Å². The van der Waals surface area contributed by atoms with Gasteiger partial charge in [-0.2, -0.15) is 0 Å². The predicted octanol–water partition coefficient (Wildman–Crippen LogP) is 8.24. The molecule has 0 radical (unpaired) electrons. The Labute approximate surface area is 179 Å². The van der Waals surface area contributed by atoms with E-state index in [0.29, 0.717) is 11.5 Å². The Balaban J connectivity index is 1.47. The second-order valence-corrected chi connectivity index (χ2v) is 9.06. The Kier molecular flexibility index (Phi) is 6.27. The number of halogens is 5. The van der Waals surface area contributed by atoms with Gasteiger partial charge >= 0.3 is 6.36 Å². The molecule has 0 aromatic heterocycles. The largest absolute Gasteiger partial charge is 0.573 e. The van der Waals surface area contributed by atoms with E-state index in [1.165, 1.54) is 44.1 Å². The second-order valence-electron chi connectivity index (χ2n) is 9.06. The van der Waals surface area contributed by atoms with Crippen LogP contribution in [-0.4, -0.2) is 6.36 Å². The molecule has 4 unspecified atom stereocenters. The molecule has 0 bridgehead atoms. The predicted molar refractivity (Wildman–Crippen MR) is 110 cm³/mol. The minimum Gasteiger partial charge on any atom is -0.399 e. The molecule has 31 heavy (non-hydrogen) atoms. The zero-order valence-electron chi connectivity index (χ0n) is 17.5. The molecule has 2 aliphatic carbocycles. The summed E-state index contributed by atoms with van der Waals surface area (Å²) in [5.41, 5.74) is 1.95. The van der Waals surface area contributed by atoms with E-state index in [0.717, 1.165) is 36.3 Å². The molecule has 6 heteroatoms. The van der Waals surface area contributed by atoms with Gasteiger partial charge in [-0.1, -0.05) is 44.0 Å². The number of rotatable bonds is 4. The van der Waals surface area contributed by atoms with Crippen LogP contribution in [0.15, 0.2) is 36.4 Å². The zero-order chi connectivity index (χ0) is 22.2. The van der Waals surface area contributed by atoms with E-state index in [9.17, 15) is 22.0 Å². The molecule has 0 saturated heterocycles. The number of alkyl halides is 3. The van der Waals surface area contributed by atoms with Crippen molar-refractivity contribution in [3.63, 3.8) is 0 Å². The summed E-state index contributed by atoms with van der Waals surface area (Å²) in [4.78, 5) is 0. The minimum absolute atomic E-state index is 0.178. The van der Waals surface area contributed by atoms with Crippen molar-refractivity contribution in [2.75, 3.05) is 0 Å². The number of ether oxygens (including phenoxy) is 1. The molecule has 4 atom stereocenters. The van der Waals surface area contributed by atoms with Gasteiger partial charge in [0.2, 0.25) is 5.75 Å². The standard InChI is InChI=1S/C25H27F5O/c1-2-15-3-4-20-12-19(10-9-18(20)11-15)16-5-7-17(8-6-16)21-13-22(26)24(23(27)14-21)31-25(28,29)30/h5-8,13-15,18-20H,2-4,9-12H2,1H3. The van der Waals surface area contributed by atoms with E-state index in [1.807, 2.05) is 12.1 Å². The van der Waals surface area contributed by atoms with Gasteiger partial charge in [0.25, 0.3) is 0 Å². The Morgan fingerprint density at radius 3 is 2.06 bits per heavy atom. The van der Waals surface area contributed by atoms with Crippen molar-refractivity contribution < 1.29 is 26.7 Å². The first kappa shape index (κ1) is 22.1. The Morgan fingerprint density at radius 2 is 1.45 bits per heavy atom. The lowest BCUT2D eigenvalue weighted by molar-refractivity contribution is -0.276. The molecule has 0 heterocycles. The Bertz CT molecular complexity index is 882. The smallest absolute Gasteiger partial charge is 0.399 e. The van der Waals surface area contributed by atoms with Crippen LogP contribution in [0.25, 0.3) is 11.1 Å². The van der Waals surface area contributed by atoms with Gasteiger partial charge in [0.15, 0.2) is 11.6 Å². The van der Waals surface area contributed by atoms with E-state index < -0.39 is 23.7 Å². The quantitative estimate of drug-likeness (QED) is 0.437. The molecule has 2 aliphatic rings. The fourth-order valence-corrected chi connectivity index (χ4v) is 5.55. The van der Waals surface area contributed by atoms with Crippen molar-refractivity contribution in [1.29, 1.82) is 0 Å². The average Bonchev–Trinajstić information content (AvgIpc) is 2.75. The average molecular weight is 438 g/mol. The van der Waals surface area contributed by atoms with Crippen LogP contribution in [-0.2, 0) is 0 Å². The molecule has 0 amide bonds. The van der Waals surface area contributed by atoms with Gasteiger partial charge < -0.3 is 4.74 Å². The molecule has 168 valence electrons. The number of hydrogen-bond acceptors (Lipinski definition) is 1. The number of hydrogen-bond donors (Lipinski definition) is 0. The highest BCUT2D eigenvalue weighted by molar-refractivity contribution is 5.65. The van der Waals surface area contributed by atoms with Crippen molar-refractivity contribution in [2.24, 2.45) is 17.8 Å². The Morgan fingerprint density at radius 1 is 0.839 bits per heavy atom. The molecule has 0 N–H and O–H groups in total. The summed E-state index contributed by atoms with van der Waals surface area (Å²) in [6.07, 6.45) is 3.72. The summed E-state index contributed by atoms with van der Waals surface area (Å²) in [5, 5.41) is 0. The lowest BCUT2D eigenvalue weighted by atomic mass is 9.63. The van der Waals surface area contributed by atoms with Gasteiger partial charge in [0, 0.05) is 0 Å². The van der Waals surface area contributed by atoms with E-state index >= 15 is 0 Å². The van der Waals surface area contributed by atoms with Crippen LogP contribution in [0.3, 0.4) is 0 Å². The van der Waals surface area contributed by atoms with Gasteiger partial charge in [0.1, 0.15) is 0 Å². The zero-order valence-corrected chi connectivity index (χ0v) is 17.5. The second kappa shape index (κ2) is 8.79. The molecule has 2 aromatic rings. The maximum Gasteiger partial charge on any atom is 0.573 e. The summed E-state index contributed by atoms with van der Waals surface area (Å²) in [5.74, 6) is -1.18. The summed E-state index contributed by atoms with van der Waals surface area (Å²) in [6.45, 7) is 2.28. The SMILES string of the molecule is CCC1CCC2CC(c3ccc(-c4cc(F)c(OC(F)(F)F)c(F)c4)cc3)CCC2C1. The summed E-state index contributed by atoms with van der Waals surface area (Å²) < 4.78 is 68.5. The third-order valence-electron chi connectivity index (χ3n) is 7.23. The Hall–Kier alpha value is -2.11. The number of fused-ring (bicyclic) bond motifs is 1. The van der Waals surface area contributed by atoms with Crippen LogP contribution in [0.1, 0.15) is 63.4 Å². The molecule has 0 spiro atoms. The lowest BCUT2D eigenvalue weighted by Crippen LogP contribution is -2.30. The lowest BCUT2D eigenvalue weighted by Gasteiger charge is -2.42. The van der Waals surface area contributed by atoms with Crippen molar-refractivity contribution in [3.8, 4) is 16.9 Å². The highest BCUT2D eigenvalue weighted by Crippen LogP contribution is 2.48. The van der Waals surface area contributed by atoms with Crippen molar-refractivity contribution in [2.45, 2.75) is 64.1 Å². The molecule has 1 nitrogen and oxygen atoms in total. The minimum atomic E-state index is -5.15. The molecule has 0 aliphatic heterocycles. The van der Waals surface area contributed by atoms with Crippen LogP contribution >= 0.6 is 0 Å². The highest BCUT2D eigenvalue weighted by atomic mass is 19.4. The third kappa shape index (κ3) is 5.04. The molecule has 2 aromatic carbocycles. The third-order valence-corrected chi connectivity index (χ3v) is 7.23. The summed E-state index contributed by atoms with van der Waals surface area (Å²) in [6, 6.07) is 9.27. The van der Waals surface area contributed by atoms with E-state index in [-0.39, 0.29) is 5.56 Å². The monoisotopic (exact) mass is 438 g/mol. The molecular weight excluding hydrogens is 411 g/mol. The van der Waals surface area contributed by atoms with Crippen LogP contribution in [0.5, 0.6) is 5.75 Å². The van der Waals surface area contributed by atoms with Crippen molar-refractivity contribution in [1.82, 2.24) is 0 Å². The van der Waals surface area contributed by atoms with Crippen LogP contribution in [0.2, 0.25) is 0 Å². The first-order valence-electron chi connectivity index (χ1n) is 11.1. The van der Waals surface area contributed by atoms with Gasteiger partial charge in [-0.25, -0.2) is 8.78 Å². The fourth-order valence-electron chi connectivity index (χ4n) is 5.55. The van der Waals surface area contributed by atoms with E-state index in [1.54, 1.807) is 12.1 Å². The van der Waals surface area contributed by atoms with E-state index in [4.69, 9.17) is 0 Å². The van der Waals surface area contributed by atoms with Gasteiger partial charge in [-0.05, 0) is 84.6 Å². The highest BCUT2D eigenvalue weighted by Gasteiger charge is 2.36. The summed E-state index contributed by atoms with van der Waals surface area (Å²) in [7, 11) is 0. The van der Waals surface area contributed by atoms with Crippen LogP contribution < -0.4 is 4.74 Å². The van der Waals surface area contributed by atoms with Gasteiger partial charge in [-0.3, -0.25) is 0 Å². The number of benzene rings is 2. The van der Waals surface area contributed by atoms with Gasteiger partial charge in [0.05, 0.1) is 0 Å². The normalized spacial score (nSPS) is 26.4. The van der Waals surface area contributed by atoms with E-state index in [2.05, 4.69) is 11.7 Å². The van der Waals surface area contributed by atoms with Crippen molar-refractivity contribution in [3.05, 3.63) is 53.6 Å². The van der Waals surface area contributed by atoms with Gasteiger partial charge in [-0.15, -0.1) is 13.2 Å². The summed E-state index contributed by atoms with van der Waals surface area (Å²) >= 11 is 0. The maximum absolute atomic E-state index is 14.0. The molecule has 2 saturated carbocycles. The molecule has 2 fully saturated rings. The van der Waals surface area contributed by atoms with Crippen LogP contribution in [0, 0.1) is 29.4 Å². The first-order valence-corrected chi connectivity index (χ1v) is 11.1. The fraction of sp³-hybridized carbons (Fsp3) is 0.520.